The summed E-state index contributed by atoms with van der Waals surface area (Å²) in [7, 11) is 0. The molecule has 0 aromatic heterocycles. The summed E-state index contributed by atoms with van der Waals surface area (Å²) in [5, 5.41) is 2.68. The van der Waals surface area contributed by atoms with Gasteiger partial charge in [0.1, 0.15) is 0 Å². The van der Waals surface area contributed by atoms with Gasteiger partial charge in [-0.3, -0.25) is 9.59 Å². The van der Waals surface area contributed by atoms with Gasteiger partial charge in [-0.2, -0.15) is 13.2 Å². The molecule has 0 saturated carbocycles. The molecule has 0 saturated heterocycles. The number of guanidine groups is 1. The average molecular weight is 467 g/mol. The fraction of sp³-hybridized carbons (Fsp3) is 0.455. The van der Waals surface area contributed by atoms with E-state index in [2.05, 4.69) is 15.3 Å². The molecular formula is C22H29F3N6O2. The summed E-state index contributed by atoms with van der Waals surface area (Å²) in [6.45, 7) is 3.22. The molecule has 180 valence electrons. The van der Waals surface area contributed by atoms with Crippen LogP contribution in [0, 0.1) is 0 Å². The second-order valence-electron chi connectivity index (χ2n) is 7.65. The Morgan fingerprint density at radius 1 is 1.21 bits per heavy atom. The van der Waals surface area contributed by atoms with E-state index >= 15 is 0 Å². The lowest BCUT2D eigenvalue weighted by Crippen LogP contribution is -2.35. The van der Waals surface area contributed by atoms with Crippen LogP contribution in [0.5, 0.6) is 0 Å². The van der Waals surface area contributed by atoms with Gasteiger partial charge in [0.2, 0.25) is 11.9 Å². The molecule has 1 aliphatic rings. The number of hydrogen-bond acceptors (Lipinski definition) is 4. The number of carbonyl (C=O) groups is 2. The first-order valence-corrected chi connectivity index (χ1v) is 10.6. The summed E-state index contributed by atoms with van der Waals surface area (Å²) < 4.78 is 36.9. The van der Waals surface area contributed by atoms with Gasteiger partial charge in [-0.25, -0.2) is 9.98 Å². The Kier molecular flexibility index (Phi) is 9.58. The van der Waals surface area contributed by atoms with Gasteiger partial charge in [-0.05, 0) is 37.6 Å². The van der Waals surface area contributed by atoms with Gasteiger partial charge in [0.25, 0.3) is 5.91 Å². The van der Waals surface area contributed by atoms with E-state index in [4.69, 9.17) is 11.5 Å². The Bertz CT molecular complexity index is 923. The summed E-state index contributed by atoms with van der Waals surface area (Å²) in [6.07, 6.45) is -3.03. The van der Waals surface area contributed by atoms with E-state index in [1.807, 2.05) is 6.08 Å². The molecule has 8 nitrogen and oxygen atoms in total. The fourth-order valence-corrected chi connectivity index (χ4v) is 3.20. The van der Waals surface area contributed by atoms with Crippen LogP contribution in [0.25, 0.3) is 0 Å². The lowest BCUT2D eigenvalue weighted by atomic mass is 10.0. The molecule has 11 heteroatoms. The van der Waals surface area contributed by atoms with Crippen molar-refractivity contribution in [1.29, 1.82) is 0 Å². The highest BCUT2D eigenvalue weighted by atomic mass is 19.4. The molecule has 0 atom stereocenters. The van der Waals surface area contributed by atoms with Crippen LogP contribution in [0.4, 0.5) is 18.9 Å². The van der Waals surface area contributed by atoms with E-state index in [-0.39, 0.29) is 18.4 Å². The number of benzene rings is 1. The Morgan fingerprint density at radius 3 is 2.48 bits per heavy atom. The van der Waals surface area contributed by atoms with Crippen molar-refractivity contribution in [2.75, 3.05) is 26.2 Å². The Morgan fingerprint density at radius 2 is 1.91 bits per heavy atom. The molecule has 0 bridgehead atoms. The number of nitrogens with zero attached hydrogens (tertiary/aromatic N) is 3. The monoisotopic (exact) mass is 466 g/mol. The maximum atomic E-state index is 12.3. The van der Waals surface area contributed by atoms with Gasteiger partial charge in [0.05, 0.1) is 12.1 Å². The normalized spacial score (nSPS) is 15.3. The molecular weight excluding hydrogens is 437 g/mol. The van der Waals surface area contributed by atoms with Gasteiger partial charge in [0, 0.05) is 50.3 Å². The molecule has 1 aromatic carbocycles. The van der Waals surface area contributed by atoms with E-state index in [1.165, 1.54) is 4.90 Å². The van der Waals surface area contributed by atoms with Crippen molar-refractivity contribution in [3.8, 4) is 0 Å². The number of alkyl halides is 3. The summed E-state index contributed by atoms with van der Waals surface area (Å²) in [5.74, 6) is -0.653. The van der Waals surface area contributed by atoms with Crippen LogP contribution >= 0.6 is 0 Å². The first kappa shape index (κ1) is 26.0. The maximum absolute atomic E-state index is 12.3. The van der Waals surface area contributed by atoms with Crippen molar-refractivity contribution in [2.45, 2.75) is 38.8 Å². The number of halogens is 3. The molecule has 1 aliphatic heterocycles. The lowest BCUT2D eigenvalue weighted by Gasteiger charge is -2.26. The van der Waals surface area contributed by atoms with E-state index in [0.29, 0.717) is 43.7 Å². The molecule has 1 heterocycles. The van der Waals surface area contributed by atoms with Crippen molar-refractivity contribution in [2.24, 2.45) is 21.5 Å². The molecule has 2 rings (SSSR count). The highest BCUT2D eigenvalue weighted by molar-refractivity contribution is 5.97. The predicted molar refractivity (Wildman–Crippen MR) is 121 cm³/mol. The smallest absolute Gasteiger partial charge is 0.368 e. The number of aliphatic imine (C=N–C) groups is 2. The van der Waals surface area contributed by atoms with E-state index in [0.717, 1.165) is 11.3 Å². The van der Waals surface area contributed by atoms with Gasteiger partial charge in [0.15, 0.2) is 0 Å². The first-order valence-electron chi connectivity index (χ1n) is 10.6. The zero-order valence-electron chi connectivity index (χ0n) is 18.5. The highest BCUT2D eigenvalue weighted by Gasteiger charge is 2.29. The third-order valence-corrected chi connectivity index (χ3v) is 4.87. The zero-order valence-corrected chi connectivity index (χ0v) is 18.5. The second-order valence-corrected chi connectivity index (χ2v) is 7.65. The second kappa shape index (κ2) is 12.1. The molecule has 0 unspecified atom stereocenters. The number of hydrogen-bond donors (Lipinski definition) is 3. The van der Waals surface area contributed by atoms with Crippen LogP contribution in [0.2, 0.25) is 0 Å². The third-order valence-electron chi connectivity index (χ3n) is 4.87. The molecule has 0 radical (unpaired) electrons. The maximum Gasteiger partial charge on any atom is 0.389 e. The minimum Gasteiger partial charge on any atom is -0.368 e. The summed E-state index contributed by atoms with van der Waals surface area (Å²) in [5.41, 5.74) is 14.1. The Hall–Kier alpha value is -3.21. The molecule has 5 N–H and O–H groups in total. The van der Waals surface area contributed by atoms with Crippen molar-refractivity contribution in [3.05, 3.63) is 41.5 Å². The summed E-state index contributed by atoms with van der Waals surface area (Å²) in [6, 6.07) is 6.57. The fourth-order valence-electron chi connectivity index (χ4n) is 3.20. The van der Waals surface area contributed by atoms with Crippen LogP contribution in [0.15, 0.2) is 45.9 Å². The van der Waals surface area contributed by atoms with E-state index < -0.39 is 24.9 Å². The predicted octanol–water partition coefficient (Wildman–Crippen LogP) is 2.67. The van der Waals surface area contributed by atoms with Crippen molar-refractivity contribution >= 4 is 29.2 Å². The number of nitrogens with one attached hydrogen (secondary N) is 1. The quantitative estimate of drug-likeness (QED) is 0.309. The van der Waals surface area contributed by atoms with E-state index in [1.54, 1.807) is 31.2 Å². The number of nitrogens with two attached hydrogens (primary N) is 2. The van der Waals surface area contributed by atoms with Crippen LogP contribution < -0.4 is 16.8 Å². The molecule has 2 amide bonds. The molecule has 33 heavy (non-hydrogen) atoms. The Labute approximate surface area is 190 Å². The standard InChI is InChI=1S/C22H29F3N6O2/c1-15(14-16-7-12-31(13-8-16)19(32)6-9-22(23,24)25)29-21(27)30-18-4-2-17(3-5-18)20(33)28-11-10-26/h2-5,7H,6,8-14,26H2,1H3,(H2,27,30)(H,28,33). The number of carbonyl (C=O) groups excluding carboxylic acids is 2. The minimum atomic E-state index is -4.33. The van der Waals surface area contributed by atoms with Crippen LogP contribution in [0.3, 0.4) is 0 Å². The Balaban J connectivity index is 1.89. The first-order chi connectivity index (χ1) is 15.6. The van der Waals surface area contributed by atoms with E-state index in [9.17, 15) is 22.8 Å². The minimum absolute atomic E-state index is 0.0631. The molecule has 0 aliphatic carbocycles. The third kappa shape index (κ3) is 9.44. The lowest BCUT2D eigenvalue weighted by molar-refractivity contribution is -0.148. The molecule has 1 aromatic rings. The largest absolute Gasteiger partial charge is 0.389 e. The van der Waals surface area contributed by atoms with Crippen molar-refractivity contribution in [3.63, 3.8) is 0 Å². The zero-order chi connectivity index (χ0) is 24.4. The van der Waals surface area contributed by atoms with Gasteiger partial charge >= 0.3 is 6.18 Å². The van der Waals surface area contributed by atoms with Crippen molar-refractivity contribution < 1.29 is 22.8 Å². The van der Waals surface area contributed by atoms with Crippen molar-refractivity contribution in [1.82, 2.24) is 10.2 Å². The number of amides is 2. The van der Waals surface area contributed by atoms with Crippen LogP contribution in [-0.2, 0) is 4.79 Å². The van der Waals surface area contributed by atoms with Crippen LogP contribution in [-0.4, -0.2) is 60.7 Å². The van der Waals surface area contributed by atoms with Gasteiger partial charge < -0.3 is 21.7 Å². The SMILES string of the molecule is CC(CC1=CCN(C(=O)CCC(F)(F)F)CC1)=NC(N)=Nc1ccc(C(=O)NCCN)cc1. The topological polar surface area (TPSA) is 126 Å². The molecule has 0 fully saturated rings. The highest BCUT2D eigenvalue weighted by Crippen LogP contribution is 2.23. The summed E-state index contributed by atoms with van der Waals surface area (Å²) in [4.78, 5) is 33.7. The number of rotatable bonds is 8. The average Bonchev–Trinajstić information content (AvgIpc) is 2.76. The van der Waals surface area contributed by atoms with Gasteiger partial charge in [-0.15, -0.1) is 0 Å². The van der Waals surface area contributed by atoms with Crippen LogP contribution in [0.1, 0.15) is 43.0 Å². The molecule has 0 spiro atoms. The summed E-state index contributed by atoms with van der Waals surface area (Å²) >= 11 is 0. The van der Waals surface area contributed by atoms with Gasteiger partial charge in [-0.1, -0.05) is 11.6 Å².